The van der Waals surface area contributed by atoms with Crippen molar-refractivity contribution < 1.29 is 13.2 Å². The van der Waals surface area contributed by atoms with Gasteiger partial charge in [-0.05, 0) is 43.2 Å². The van der Waals surface area contributed by atoms with Crippen LogP contribution in [0.25, 0.3) is 0 Å². The van der Waals surface area contributed by atoms with Crippen molar-refractivity contribution in [2.75, 3.05) is 6.54 Å². The standard InChI is InChI=1S/C17H22F3N/c1-12-4-3-9-16(12,11-21-15-7-8-15)13-5-2-6-14(10-13)17(18,19)20/h2,5-6,10,12,15,21H,3-4,7-9,11H2,1H3. The zero-order chi connectivity index (χ0) is 15.1. The maximum absolute atomic E-state index is 13.0. The van der Waals surface area contributed by atoms with E-state index < -0.39 is 11.7 Å². The van der Waals surface area contributed by atoms with Gasteiger partial charge in [-0.25, -0.2) is 0 Å². The molecule has 0 bridgehead atoms. The molecule has 4 heteroatoms. The van der Waals surface area contributed by atoms with Gasteiger partial charge in [0.2, 0.25) is 0 Å². The molecule has 0 aliphatic heterocycles. The first-order valence-electron chi connectivity index (χ1n) is 7.83. The number of rotatable bonds is 4. The average Bonchev–Trinajstić information content (AvgIpc) is 3.19. The van der Waals surface area contributed by atoms with E-state index in [9.17, 15) is 13.2 Å². The van der Waals surface area contributed by atoms with Crippen LogP contribution in [-0.2, 0) is 11.6 Å². The highest BCUT2D eigenvalue weighted by Gasteiger charge is 2.43. The second kappa shape index (κ2) is 5.31. The van der Waals surface area contributed by atoms with Crippen LogP contribution in [0.15, 0.2) is 24.3 Å². The third-order valence-corrected chi connectivity index (χ3v) is 5.25. The van der Waals surface area contributed by atoms with E-state index in [0.717, 1.165) is 31.4 Å². The lowest BCUT2D eigenvalue weighted by atomic mass is 9.72. The summed E-state index contributed by atoms with van der Waals surface area (Å²) in [6, 6.07) is 6.57. The van der Waals surface area contributed by atoms with E-state index >= 15 is 0 Å². The van der Waals surface area contributed by atoms with E-state index in [2.05, 4.69) is 12.2 Å². The van der Waals surface area contributed by atoms with Gasteiger partial charge in [-0.3, -0.25) is 0 Å². The number of nitrogens with one attached hydrogen (secondary N) is 1. The highest BCUT2D eigenvalue weighted by Crippen LogP contribution is 2.46. The third kappa shape index (κ3) is 2.96. The minimum Gasteiger partial charge on any atom is -0.313 e. The molecule has 2 aliphatic rings. The first kappa shape index (κ1) is 14.9. The van der Waals surface area contributed by atoms with Gasteiger partial charge in [-0.1, -0.05) is 31.5 Å². The molecular formula is C17H22F3N. The monoisotopic (exact) mass is 297 g/mol. The van der Waals surface area contributed by atoms with Gasteiger partial charge < -0.3 is 5.32 Å². The molecule has 1 nitrogen and oxygen atoms in total. The Labute approximate surface area is 123 Å². The molecule has 116 valence electrons. The van der Waals surface area contributed by atoms with Crippen molar-refractivity contribution in [1.82, 2.24) is 5.32 Å². The van der Waals surface area contributed by atoms with Gasteiger partial charge >= 0.3 is 6.18 Å². The largest absolute Gasteiger partial charge is 0.416 e. The Bertz CT molecular complexity index is 507. The Morgan fingerprint density at radius 2 is 2.00 bits per heavy atom. The molecule has 1 N–H and O–H groups in total. The van der Waals surface area contributed by atoms with E-state index in [1.165, 1.54) is 25.0 Å². The topological polar surface area (TPSA) is 12.0 Å². The maximum atomic E-state index is 13.0. The SMILES string of the molecule is CC1CCCC1(CNC1CC1)c1cccc(C(F)(F)F)c1. The lowest BCUT2D eigenvalue weighted by molar-refractivity contribution is -0.137. The molecule has 1 aromatic carbocycles. The Hall–Kier alpha value is -1.03. The minimum absolute atomic E-state index is 0.135. The van der Waals surface area contributed by atoms with Gasteiger partial charge in [0, 0.05) is 18.0 Å². The molecule has 21 heavy (non-hydrogen) atoms. The van der Waals surface area contributed by atoms with Crippen molar-refractivity contribution in [2.24, 2.45) is 5.92 Å². The summed E-state index contributed by atoms with van der Waals surface area (Å²) in [5.41, 5.74) is 0.199. The highest BCUT2D eigenvalue weighted by molar-refractivity contribution is 5.34. The Morgan fingerprint density at radius 3 is 2.57 bits per heavy atom. The van der Waals surface area contributed by atoms with E-state index in [4.69, 9.17) is 0 Å². The maximum Gasteiger partial charge on any atom is 0.416 e. The van der Waals surface area contributed by atoms with Crippen LogP contribution in [0.3, 0.4) is 0 Å². The second-order valence-corrected chi connectivity index (χ2v) is 6.68. The summed E-state index contributed by atoms with van der Waals surface area (Å²) in [6.07, 6.45) is 1.32. The number of alkyl halides is 3. The molecule has 1 aromatic rings. The first-order valence-corrected chi connectivity index (χ1v) is 7.83. The molecule has 0 aromatic heterocycles. The smallest absolute Gasteiger partial charge is 0.313 e. The molecule has 2 saturated carbocycles. The van der Waals surface area contributed by atoms with Crippen molar-refractivity contribution in [3.8, 4) is 0 Å². The van der Waals surface area contributed by atoms with Crippen LogP contribution in [0.2, 0.25) is 0 Å². The molecule has 3 rings (SSSR count). The van der Waals surface area contributed by atoms with Gasteiger partial charge in [0.15, 0.2) is 0 Å². The Balaban J connectivity index is 1.92. The molecule has 0 amide bonds. The molecule has 2 aliphatic carbocycles. The normalized spacial score (nSPS) is 29.8. The number of hydrogen-bond acceptors (Lipinski definition) is 1. The molecule has 2 fully saturated rings. The summed E-state index contributed by atoms with van der Waals surface area (Å²) in [5, 5.41) is 3.55. The van der Waals surface area contributed by atoms with Gasteiger partial charge in [0.1, 0.15) is 0 Å². The van der Waals surface area contributed by atoms with Crippen molar-refractivity contribution in [2.45, 2.75) is 56.7 Å². The highest BCUT2D eigenvalue weighted by atomic mass is 19.4. The van der Waals surface area contributed by atoms with Crippen LogP contribution in [0.4, 0.5) is 13.2 Å². The van der Waals surface area contributed by atoms with Gasteiger partial charge in [0.05, 0.1) is 5.56 Å². The Morgan fingerprint density at radius 1 is 1.24 bits per heavy atom. The summed E-state index contributed by atoms with van der Waals surface area (Å²) in [6.45, 7) is 2.99. The lowest BCUT2D eigenvalue weighted by Crippen LogP contribution is -2.41. The summed E-state index contributed by atoms with van der Waals surface area (Å²) in [4.78, 5) is 0. The van der Waals surface area contributed by atoms with Crippen LogP contribution in [0, 0.1) is 5.92 Å². The fourth-order valence-corrected chi connectivity index (χ4v) is 3.66. The zero-order valence-electron chi connectivity index (χ0n) is 12.3. The molecule has 0 spiro atoms. The summed E-state index contributed by atoms with van der Waals surface area (Å²) in [5.74, 6) is 0.423. The van der Waals surface area contributed by atoms with Crippen molar-refractivity contribution >= 4 is 0 Å². The number of halogens is 3. The predicted molar refractivity (Wildman–Crippen MR) is 77.2 cm³/mol. The van der Waals surface area contributed by atoms with Gasteiger partial charge in [0.25, 0.3) is 0 Å². The van der Waals surface area contributed by atoms with Gasteiger partial charge in [-0.2, -0.15) is 13.2 Å². The third-order valence-electron chi connectivity index (χ3n) is 5.25. The van der Waals surface area contributed by atoms with Crippen LogP contribution in [-0.4, -0.2) is 12.6 Å². The van der Waals surface area contributed by atoms with E-state index in [1.54, 1.807) is 6.07 Å². The van der Waals surface area contributed by atoms with Crippen LogP contribution < -0.4 is 5.32 Å². The second-order valence-electron chi connectivity index (χ2n) is 6.68. The molecule has 0 saturated heterocycles. The van der Waals surface area contributed by atoms with E-state index in [1.807, 2.05) is 6.07 Å². The Kier molecular flexibility index (Phi) is 3.76. The fraction of sp³-hybridized carbons (Fsp3) is 0.647. The summed E-state index contributed by atoms with van der Waals surface area (Å²) < 4.78 is 39.0. The molecular weight excluding hydrogens is 275 g/mol. The van der Waals surface area contributed by atoms with Crippen LogP contribution >= 0.6 is 0 Å². The molecule has 0 radical (unpaired) electrons. The van der Waals surface area contributed by atoms with Crippen molar-refractivity contribution in [3.05, 3.63) is 35.4 Å². The number of hydrogen-bond donors (Lipinski definition) is 1. The minimum atomic E-state index is -4.26. The zero-order valence-corrected chi connectivity index (χ0v) is 12.3. The van der Waals surface area contributed by atoms with Crippen LogP contribution in [0.1, 0.15) is 50.2 Å². The average molecular weight is 297 g/mol. The lowest BCUT2D eigenvalue weighted by Gasteiger charge is -2.35. The van der Waals surface area contributed by atoms with Crippen LogP contribution in [0.5, 0.6) is 0 Å². The van der Waals surface area contributed by atoms with E-state index in [0.29, 0.717) is 12.0 Å². The quantitative estimate of drug-likeness (QED) is 0.862. The summed E-state index contributed by atoms with van der Waals surface area (Å²) >= 11 is 0. The van der Waals surface area contributed by atoms with Crippen molar-refractivity contribution in [1.29, 1.82) is 0 Å². The molecule has 2 atom stereocenters. The number of benzene rings is 1. The first-order chi connectivity index (χ1) is 9.92. The van der Waals surface area contributed by atoms with Gasteiger partial charge in [-0.15, -0.1) is 0 Å². The summed E-state index contributed by atoms with van der Waals surface area (Å²) in [7, 11) is 0. The predicted octanol–water partition coefficient (Wildman–Crippen LogP) is 4.52. The van der Waals surface area contributed by atoms with E-state index in [-0.39, 0.29) is 5.41 Å². The molecule has 2 unspecified atom stereocenters. The van der Waals surface area contributed by atoms with Crippen molar-refractivity contribution in [3.63, 3.8) is 0 Å². The fourth-order valence-electron chi connectivity index (χ4n) is 3.66. The molecule has 0 heterocycles.